The minimum atomic E-state index is -0.165. The Balaban J connectivity index is 1.57. The lowest BCUT2D eigenvalue weighted by molar-refractivity contribution is -0.123. The summed E-state index contributed by atoms with van der Waals surface area (Å²) in [6, 6.07) is 19.3. The Labute approximate surface area is 154 Å². The van der Waals surface area contributed by atoms with E-state index in [0.29, 0.717) is 25.3 Å². The van der Waals surface area contributed by atoms with Crippen molar-refractivity contribution in [1.29, 1.82) is 5.26 Å². The fourth-order valence-electron chi connectivity index (χ4n) is 2.38. The van der Waals surface area contributed by atoms with Crippen molar-refractivity contribution in [2.45, 2.75) is 25.9 Å². The van der Waals surface area contributed by atoms with Gasteiger partial charge in [0.25, 0.3) is 5.91 Å². The molecule has 26 heavy (non-hydrogen) atoms. The highest BCUT2D eigenvalue weighted by Gasteiger charge is 2.05. The van der Waals surface area contributed by atoms with Crippen LogP contribution in [0.15, 0.2) is 54.6 Å². The second kappa shape index (κ2) is 10.9. The third-order valence-electron chi connectivity index (χ3n) is 3.86. The maximum absolute atomic E-state index is 11.8. The summed E-state index contributed by atoms with van der Waals surface area (Å²) < 4.78 is 11.2. The van der Waals surface area contributed by atoms with Gasteiger partial charge in [0.15, 0.2) is 6.61 Å². The molecule has 0 aliphatic rings. The van der Waals surface area contributed by atoms with E-state index in [2.05, 4.69) is 11.4 Å². The molecule has 1 amide bonds. The van der Waals surface area contributed by atoms with E-state index >= 15 is 0 Å². The second-order valence-electron chi connectivity index (χ2n) is 5.89. The number of ether oxygens (including phenoxy) is 2. The molecular weight excluding hydrogens is 328 g/mol. The molecule has 0 aliphatic heterocycles. The van der Waals surface area contributed by atoms with Gasteiger partial charge in [0.2, 0.25) is 0 Å². The number of hydrogen-bond donors (Lipinski definition) is 1. The lowest BCUT2D eigenvalue weighted by Crippen LogP contribution is -2.30. The van der Waals surface area contributed by atoms with E-state index in [-0.39, 0.29) is 18.6 Å². The molecule has 0 saturated heterocycles. The minimum absolute atomic E-state index is 0.0289. The normalized spacial score (nSPS) is 11.4. The summed E-state index contributed by atoms with van der Waals surface area (Å²) in [5, 5.41) is 11.4. The van der Waals surface area contributed by atoms with Gasteiger partial charge in [-0.15, -0.1) is 0 Å². The zero-order valence-electron chi connectivity index (χ0n) is 15.0. The molecule has 2 rings (SSSR count). The molecule has 2 aromatic rings. The van der Waals surface area contributed by atoms with E-state index in [4.69, 9.17) is 14.7 Å². The van der Waals surface area contributed by atoms with Crippen LogP contribution < -0.4 is 10.1 Å². The lowest BCUT2D eigenvalue weighted by Gasteiger charge is -2.13. The zero-order chi connectivity index (χ0) is 18.6. The van der Waals surface area contributed by atoms with Crippen molar-refractivity contribution in [1.82, 2.24) is 5.32 Å². The summed E-state index contributed by atoms with van der Waals surface area (Å²) >= 11 is 0. The van der Waals surface area contributed by atoms with Crippen LogP contribution in [-0.4, -0.2) is 25.7 Å². The van der Waals surface area contributed by atoms with Crippen molar-refractivity contribution in [2.24, 2.45) is 0 Å². The van der Waals surface area contributed by atoms with Gasteiger partial charge in [-0.3, -0.25) is 4.79 Å². The topological polar surface area (TPSA) is 71.3 Å². The molecule has 0 aromatic heterocycles. The van der Waals surface area contributed by atoms with Crippen molar-refractivity contribution < 1.29 is 14.3 Å². The van der Waals surface area contributed by atoms with E-state index in [0.717, 1.165) is 17.5 Å². The van der Waals surface area contributed by atoms with Crippen molar-refractivity contribution in [2.75, 3.05) is 19.8 Å². The summed E-state index contributed by atoms with van der Waals surface area (Å²) in [7, 11) is 0. The third kappa shape index (κ3) is 6.96. The first kappa shape index (κ1) is 19.5. The van der Waals surface area contributed by atoms with Crippen molar-refractivity contribution in [3.63, 3.8) is 0 Å². The van der Waals surface area contributed by atoms with Crippen LogP contribution in [0.4, 0.5) is 0 Å². The van der Waals surface area contributed by atoms with Gasteiger partial charge in [-0.1, -0.05) is 42.5 Å². The number of nitrogens with one attached hydrogen (secondary N) is 1. The Bertz CT molecular complexity index is 708. The lowest BCUT2D eigenvalue weighted by atomic mass is 10.1. The number of carbonyl (C=O) groups excluding carboxylic acids is 1. The van der Waals surface area contributed by atoms with Gasteiger partial charge >= 0.3 is 0 Å². The maximum Gasteiger partial charge on any atom is 0.257 e. The fraction of sp³-hybridized carbons (Fsp3) is 0.333. The standard InChI is InChI=1S/C21H24N2O3/c1-17(19-6-3-2-4-7-19)25-15-5-14-23-21(24)16-26-20-10-8-18(9-11-20)12-13-22/h2-4,6-11,17H,5,12,14-16H2,1H3,(H,23,24). The Hall–Kier alpha value is -2.84. The monoisotopic (exact) mass is 352 g/mol. The van der Waals surface area contributed by atoms with Gasteiger partial charge in [0.05, 0.1) is 18.6 Å². The summed E-state index contributed by atoms with van der Waals surface area (Å²) in [5.41, 5.74) is 2.07. The molecule has 136 valence electrons. The number of carbonyl (C=O) groups is 1. The van der Waals surface area contributed by atoms with Gasteiger partial charge < -0.3 is 14.8 Å². The van der Waals surface area contributed by atoms with Crippen molar-refractivity contribution in [3.05, 3.63) is 65.7 Å². The highest BCUT2D eigenvalue weighted by atomic mass is 16.5. The number of benzene rings is 2. The van der Waals surface area contributed by atoms with Crippen LogP contribution in [-0.2, 0) is 16.0 Å². The van der Waals surface area contributed by atoms with E-state index in [9.17, 15) is 4.79 Å². The number of nitrogens with zero attached hydrogens (tertiary/aromatic N) is 1. The van der Waals surface area contributed by atoms with Crippen LogP contribution in [0, 0.1) is 11.3 Å². The molecule has 0 heterocycles. The summed E-state index contributed by atoms with van der Waals surface area (Å²) in [6.45, 7) is 3.12. The third-order valence-corrected chi connectivity index (χ3v) is 3.86. The van der Waals surface area contributed by atoms with E-state index < -0.39 is 0 Å². The predicted molar refractivity (Wildman–Crippen MR) is 99.7 cm³/mol. The smallest absolute Gasteiger partial charge is 0.257 e. The van der Waals surface area contributed by atoms with Gasteiger partial charge in [0, 0.05) is 13.2 Å². The zero-order valence-corrected chi connectivity index (χ0v) is 15.0. The number of amides is 1. The second-order valence-corrected chi connectivity index (χ2v) is 5.89. The SMILES string of the molecule is CC(OCCCNC(=O)COc1ccc(CC#N)cc1)c1ccccc1. The number of rotatable bonds is 10. The molecule has 0 fully saturated rings. The summed E-state index contributed by atoms with van der Waals surface area (Å²) in [5.74, 6) is 0.448. The largest absolute Gasteiger partial charge is 0.484 e. The van der Waals surface area contributed by atoms with Crippen LogP contribution in [0.3, 0.4) is 0 Å². The van der Waals surface area contributed by atoms with E-state index in [1.807, 2.05) is 49.4 Å². The van der Waals surface area contributed by atoms with Crippen molar-refractivity contribution in [3.8, 4) is 11.8 Å². The average molecular weight is 352 g/mol. The van der Waals surface area contributed by atoms with Crippen LogP contribution in [0.25, 0.3) is 0 Å². The highest BCUT2D eigenvalue weighted by molar-refractivity contribution is 5.77. The molecule has 0 spiro atoms. The quantitative estimate of drug-likeness (QED) is 0.665. The Morgan fingerprint density at radius 2 is 1.88 bits per heavy atom. The molecular formula is C21H24N2O3. The molecule has 0 bridgehead atoms. The average Bonchev–Trinajstić information content (AvgIpc) is 2.68. The Kier molecular flexibility index (Phi) is 8.17. The molecule has 2 aromatic carbocycles. The fourth-order valence-corrected chi connectivity index (χ4v) is 2.38. The molecule has 0 radical (unpaired) electrons. The first-order valence-corrected chi connectivity index (χ1v) is 8.71. The van der Waals surface area contributed by atoms with E-state index in [1.54, 1.807) is 12.1 Å². The summed E-state index contributed by atoms with van der Waals surface area (Å²) in [6.07, 6.45) is 1.15. The van der Waals surface area contributed by atoms with Crippen molar-refractivity contribution >= 4 is 5.91 Å². The number of hydrogen-bond acceptors (Lipinski definition) is 4. The predicted octanol–water partition coefficient (Wildman–Crippen LogP) is 3.42. The first-order chi connectivity index (χ1) is 12.7. The van der Waals surface area contributed by atoms with Crippen LogP contribution in [0.2, 0.25) is 0 Å². The van der Waals surface area contributed by atoms with Gasteiger partial charge in [-0.25, -0.2) is 0 Å². The first-order valence-electron chi connectivity index (χ1n) is 8.71. The molecule has 5 nitrogen and oxygen atoms in total. The van der Waals surface area contributed by atoms with Crippen LogP contribution in [0.1, 0.15) is 30.6 Å². The summed E-state index contributed by atoms with van der Waals surface area (Å²) in [4.78, 5) is 11.8. The molecule has 0 saturated carbocycles. The molecule has 1 unspecified atom stereocenters. The Morgan fingerprint density at radius 3 is 2.58 bits per heavy atom. The van der Waals surface area contributed by atoms with Gasteiger partial charge in [-0.2, -0.15) is 5.26 Å². The van der Waals surface area contributed by atoms with Crippen LogP contribution in [0.5, 0.6) is 5.75 Å². The molecule has 1 N–H and O–H groups in total. The Morgan fingerprint density at radius 1 is 1.15 bits per heavy atom. The van der Waals surface area contributed by atoms with E-state index in [1.165, 1.54) is 0 Å². The molecule has 1 atom stereocenters. The van der Waals surface area contributed by atoms with Gasteiger partial charge in [0.1, 0.15) is 5.75 Å². The maximum atomic E-state index is 11.8. The molecule has 5 heteroatoms. The number of nitriles is 1. The highest BCUT2D eigenvalue weighted by Crippen LogP contribution is 2.15. The van der Waals surface area contributed by atoms with Gasteiger partial charge in [-0.05, 0) is 36.6 Å². The molecule has 0 aliphatic carbocycles. The minimum Gasteiger partial charge on any atom is -0.484 e. The van der Waals surface area contributed by atoms with Crippen LogP contribution >= 0.6 is 0 Å².